The van der Waals surface area contributed by atoms with Crippen LogP contribution >= 0.6 is 11.6 Å². The van der Waals surface area contributed by atoms with Crippen molar-refractivity contribution in [2.24, 2.45) is 5.92 Å². The second kappa shape index (κ2) is 5.55. The van der Waals surface area contributed by atoms with Gasteiger partial charge in [0.15, 0.2) is 6.23 Å². The summed E-state index contributed by atoms with van der Waals surface area (Å²) in [5.41, 5.74) is 4.10. The summed E-state index contributed by atoms with van der Waals surface area (Å²) < 4.78 is 7.19. The second-order valence-electron chi connectivity index (χ2n) is 4.83. The summed E-state index contributed by atoms with van der Waals surface area (Å²) in [6, 6.07) is 1.50. The highest BCUT2D eigenvalue weighted by Gasteiger charge is 2.52. The number of aromatic nitrogens is 2. The van der Waals surface area contributed by atoms with Crippen LogP contribution < -0.4 is 11.4 Å². The van der Waals surface area contributed by atoms with E-state index < -0.39 is 22.9 Å². The van der Waals surface area contributed by atoms with Gasteiger partial charge in [-0.15, -0.1) is 18.2 Å². The van der Waals surface area contributed by atoms with Crippen LogP contribution in [0.5, 0.6) is 0 Å². The lowest BCUT2D eigenvalue weighted by Gasteiger charge is -2.30. The number of hydrogen-bond acceptors (Lipinski definition) is 5. The quantitative estimate of drug-likeness (QED) is 0.637. The molecule has 1 saturated heterocycles. The van der Waals surface area contributed by atoms with Gasteiger partial charge in [-0.3, -0.25) is 4.57 Å². The van der Waals surface area contributed by atoms with Gasteiger partial charge in [0.05, 0.1) is 12.0 Å². The van der Waals surface area contributed by atoms with Crippen molar-refractivity contribution in [1.29, 1.82) is 0 Å². The minimum atomic E-state index is -0.834. The van der Waals surface area contributed by atoms with Gasteiger partial charge in [0.2, 0.25) is 0 Å². The standard InChI is InChI=1S/C13H18ClN3O3/c1-3-8-10(14)11(20-13(8,4-2)7-18)17-6-5-9(15)16-12(17)19/h3,5-6,8,10-11,18H,1,4,7H2,2H3,(H2,15,16,19)/t8-,10+,11+,13+/m0/s1. The average molecular weight is 300 g/mol. The average Bonchev–Trinajstić information content (AvgIpc) is 2.72. The molecule has 0 aliphatic carbocycles. The van der Waals surface area contributed by atoms with Crippen LogP contribution in [0.1, 0.15) is 19.6 Å². The molecule has 4 atom stereocenters. The van der Waals surface area contributed by atoms with Gasteiger partial charge >= 0.3 is 5.69 Å². The molecule has 1 aromatic rings. The Morgan fingerprint density at radius 3 is 2.90 bits per heavy atom. The number of ether oxygens (including phenoxy) is 1. The van der Waals surface area contributed by atoms with E-state index in [1.165, 1.54) is 16.8 Å². The topological polar surface area (TPSA) is 90.4 Å². The first kappa shape index (κ1) is 15.0. The molecule has 7 heteroatoms. The second-order valence-corrected chi connectivity index (χ2v) is 5.34. The first-order valence-electron chi connectivity index (χ1n) is 6.39. The number of halogens is 1. The van der Waals surface area contributed by atoms with E-state index in [0.29, 0.717) is 6.42 Å². The molecule has 0 amide bonds. The van der Waals surface area contributed by atoms with E-state index in [-0.39, 0.29) is 18.3 Å². The summed E-state index contributed by atoms with van der Waals surface area (Å²) >= 11 is 6.41. The molecule has 3 N–H and O–H groups in total. The lowest BCUT2D eigenvalue weighted by molar-refractivity contribution is -0.109. The van der Waals surface area contributed by atoms with E-state index in [1.807, 2.05) is 6.92 Å². The molecule has 6 nitrogen and oxygen atoms in total. The molecule has 0 radical (unpaired) electrons. The third-order valence-corrected chi connectivity index (χ3v) is 4.31. The Morgan fingerprint density at radius 2 is 2.45 bits per heavy atom. The molecule has 2 rings (SSSR count). The van der Waals surface area contributed by atoms with E-state index in [4.69, 9.17) is 22.1 Å². The van der Waals surface area contributed by atoms with Crippen molar-refractivity contribution in [2.45, 2.75) is 30.6 Å². The normalized spacial score (nSPS) is 33.2. The summed E-state index contributed by atoms with van der Waals surface area (Å²) in [5, 5.41) is 9.13. The van der Waals surface area contributed by atoms with Crippen molar-refractivity contribution in [2.75, 3.05) is 12.3 Å². The van der Waals surface area contributed by atoms with Gasteiger partial charge in [0, 0.05) is 12.1 Å². The smallest absolute Gasteiger partial charge is 0.351 e. The fraction of sp³-hybridized carbons (Fsp3) is 0.538. The number of aliphatic hydroxyl groups excluding tert-OH is 1. The first-order chi connectivity index (χ1) is 9.49. The van der Waals surface area contributed by atoms with Crippen molar-refractivity contribution in [3.05, 3.63) is 35.4 Å². The predicted octanol–water partition coefficient (Wildman–Crippen LogP) is 0.905. The fourth-order valence-electron chi connectivity index (χ4n) is 2.60. The molecule has 110 valence electrons. The summed E-state index contributed by atoms with van der Waals surface area (Å²) in [7, 11) is 0. The summed E-state index contributed by atoms with van der Waals surface area (Å²) in [6.07, 6.45) is 2.99. The Labute approximate surface area is 121 Å². The van der Waals surface area contributed by atoms with Gasteiger partial charge in [-0.25, -0.2) is 4.79 Å². The number of anilines is 1. The maximum absolute atomic E-state index is 11.9. The maximum atomic E-state index is 11.9. The van der Waals surface area contributed by atoms with Crippen molar-refractivity contribution in [3.8, 4) is 0 Å². The highest BCUT2D eigenvalue weighted by atomic mass is 35.5. The molecule has 0 bridgehead atoms. The van der Waals surface area contributed by atoms with E-state index in [0.717, 1.165) is 0 Å². The van der Waals surface area contributed by atoms with Gasteiger partial charge in [-0.1, -0.05) is 13.0 Å². The maximum Gasteiger partial charge on any atom is 0.351 e. The van der Waals surface area contributed by atoms with Gasteiger partial charge in [-0.2, -0.15) is 4.98 Å². The fourth-order valence-corrected chi connectivity index (χ4v) is 3.10. The Morgan fingerprint density at radius 1 is 1.75 bits per heavy atom. The van der Waals surface area contributed by atoms with E-state index in [2.05, 4.69) is 11.6 Å². The van der Waals surface area contributed by atoms with Gasteiger partial charge < -0.3 is 15.6 Å². The third kappa shape index (κ3) is 2.24. The van der Waals surface area contributed by atoms with Gasteiger partial charge in [0.1, 0.15) is 11.4 Å². The Balaban J connectivity index is 2.44. The van der Waals surface area contributed by atoms with Crippen molar-refractivity contribution >= 4 is 17.4 Å². The lowest BCUT2D eigenvalue weighted by atomic mass is 9.85. The van der Waals surface area contributed by atoms with Crippen LogP contribution in [-0.2, 0) is 4.74 Å². The zero-order chi connectivity index (χ0) is 14.9. The van der Waals surface area contributed by atoms with Crippen molar-refractivity contribution < 1.29 is 9.84 Å². The number of aliphatic hydroxyl groups is 1. The zero-order valence-corrected chi connectivity index (χ0v) is 12.0. The Kier molecular flexibility index (Phi) is 4.17. The van der Waals surface area contributed by atoms with Crippen LogP contribution in [0.2, 0.25) is 0 Å². The third-order valence-electron chi connectivity index (χ3n) is 3.82. The molecule has 1 fully saturated rings. The highest BCUT2D eigenvalue weighted by Crippen LogP contribution is 2.46. The molecule has 1 aromatic heterocycles. The van der Waals surface area contributed by atoms with Gasteiger partial charge in [0.25, 0.3) is 0 Å². The van der Waals surface area contributed by atoms with Crippen LogP contribution in [0.15, 0.2) is 29.7 Å². The number of nitrogen functional groups attached to an aromatic ring is 1. The number of nitrogens with two attached hydrogens (primary N) is 1. The van der Waals surface area contributed by atoms with Crippen molar-refractivity contribution in [1.82, 2.24) is 9.55 Å². The largest absolute Gasteiger partial charge is 0.393 e. The SMILES string of the molecule is C=C[C@H]1[C@@H](Cl)[C@H](n2ccc(N)nc2=O)O[C@]1(CC)CO. The molecule has 0 saturated carbocycles. The first-order valence-corrected chi connectivity index (χ1v) is 6.82. The number of rotatable bonds is 4. The molecule has 1 aliphatic heterocycles. The zero-order valence-electron chi connectivity index (χ0n) is 11.2. The molecule has 20 heavy (non-hydrogen) atoms. The number of hydrogen-bond donors (Lipinski definition) is 2. The summed E-state index contributed by atoms with van der Waals surface area (Å²) in [5.74, 6) is -0.131. The van der Waals surface area contributed by atoms with Crippen LogP contribution in [0.4, 0.5) is 5.82 Å². The minimum absolute atomic E-state index is 0.138. The minimum Gasteiger partial charge on any atom is -0.393 e. The van der Waals surface area contributed by atoms with Crippen LogP contribution in [0.25, 0.3) is 0 Å². The van der Waals surface area contributed by atoms with Crippen LogP contribution in [-0.4, -0.2) is 32.2 Å². The van der Waals surface area contributed by atoms with Crippen LogP contribution in [0.3, 0.4) is 0 Å². The molecular formula is C13H18ClN3O3. The molecule has 0 unspecified atom stereocenters. The highest BCUT2D eigenvalue weighted by molar-refractivity contribution is 6.21. The molecular weight excluding hydrogens is 282 g/mol. The van der Waals surface area contributed by atoms with Gasteiger partial charge in [-0.05, 0) is 12.5 Å². The Hall–Kier alpha value is -1.37. The van der Waals surface area contributed by atoms with Crippen molar-refractivity contribution in [3.63, 3.8) is 0 Å². The number of nitrogens with zero attached hydrogens (tertiary/aromatic N) is 2. The van der Waals surface area contributed by atoms with E-state index in [1.54, 1.807) is 6.08 Å². The number of alkyl halides is 1. The molecule has 0 spiro atoms. The lowest BCUT2D eigenvalue weighted by Crippen LogP contribution is -2.39. The monoisotopic (exact) mass is 299 g/mol. The van der Waals surface area contributed by atoms with Crippen LogP contribution in [0, 0.1) is 5.92 Å². The molecule has 2 heterocycles. The molecule has 0 aromatic carbocycles. The molecule has 1 aliphatic rings. The van der Waals surface area contributed by atoms with E-state index >= 15 is 0 Å². The predicted molar refractivity (Wildman–Crippen MR) is 76.5 cm³/mol. The summed E-state index contributed by atoms with van der Waals surface area (Å²) in [4.78, 5) is 15.6. The summed E-state index contributed by atoms with van der Waals surface area (Å²) in [6.45, 7) is 5.44. The van der Waals surface area contributed by atoms with E-state index in [9.17, 15) is 9.90 Å². The Bertz CT molecular complexity index is 556.